The molecule has 3 rings (SSSR count). The fraction of sp³-hybridized carbons (Fsp3) is 0.143. The molecule has 1 N–H and O–H groups in total. The van der Waals surface area contributed by atoms with E-state index in [1.807, 2.05) is 48.9 Å². The van der Waals surface area contributed by atoms with Gasteiger partial charge in [-0.15, -0.1) is 0 Å². The smallest absolute Gasteiger partial charge is 0.185 e. The van der Waals surface area contributed by atoms with E-state index in [2.05, 4.69) is 5.10 Å². The molecule has 0 bridgehead atoms. The first kappa shape index (κ1) is 17.5. The molecular formula is C21H20N2O3. The van der Waals surface area contributed by atoms with Crippen LogP contribution in [-0.2, 0) is 0 Å². The molecule has 1 heterocycles. The number of para-hydroxylation sites is 1. The minimum Gasteiger partial charge on any atom is -0.504 e. The van der Waals surface area contributed by atoms with Crippen LogP contribution in [0.1, 0.15) is 27.3 Å². The monoisotopic (exact) mass is 348 g/mol. The topological polar surface area (TPSA) is 64.3 Å². The molecular weight excluding hydrogens is 328 g/mol. The lowest BCUT2D eigenvalue weighted by Crippen LogP contribution is -1.98. The summed E-state index contributed by atoms with van der Waals surface area (Å²) in [7, 11) is 1.45. The molecule has 1 aromatic heterocycles. The molecule has 5 nitrogen and oxygen atoms in total. The van der Waals surface area contributed by atoms with Crippen LogP contribution < -0.4 is 4.74 Å². The highest BCUT2D eigenvalue weighted by atomic mass is 16.5. The number of phenols is 1. The Morgan fingerprint density at radius 2 is 1.88 bits per heavy atom. The standard InChI is InChI=1S/C21H20N2O3/c1-14-18(15(2)23(22-14)17-7-5-4-6-8-17)10-12-19(24)16-9-11-20(25)21(13-16)26-3/h4-13,25H,1-3H3/b12-10-. The predicted molar refractivity (Wildman–Crippen MR) is 101 cm³/mol. The van der Waals surface area contributed by atoms with Gasteiger partial charge in [-0.2, -0.15) is 5.10 Å². The number of rotatable bonds is 5. The van der Waals surface area contributed by atoms with Crippen molar-refractivity contribution in [3.63, 3.8) is 0 Å². The van der Waals surface area contributed by atoms with Gasteiger partial charge in [0.1, 0.15) is 0 Å². The number of allylic oxidation sites excluding steroid dienone is 1. The molecule has 0 unspecified atom stereocenters. The number of aryl methyl sites for hydroxylation is 1. The Bertz CT molecular complexity index is 972. The van der Waals surface area contributed by atoms with Gasteiger partial charge in [0.05, 0.1) is 18.5 Å². The third-order valence-electron chi connectivity index (χ3n) is 4.21. The number of ether oxygens (including phenoxy) is 1. The lowest BCUT2D eigenvalue weighted by Gasteiger charge is -2.04. The molecule has 26 heavy (non-hydrogen) atoms. The second kappa shape index (κ2) is 7.27. The second-order valence-corrected chi connectivity index (χ2v) is 5.92. The molecule has 2 aromatic carbocycles. The number of nitrogens with zero attached hydrogens (tertiary/aromatic N) is 2. The van der Waals surface area contributed by atoms with Gasteiger partial charge < -0.3 is 9.84 Å². The zero-order chi connectivity index (χ0) is 18.7. The van der Waals surface area contributed by atoms with Crippen molar-refractivity contribution in [2.24, 2.45) is 0 Å². The molecule has 0 aliphatic heterocycles. The van der Waals surface area contributed by atoms with Crippen LogP contribution >= 0.6 is 0 Å². The van der Waals surface area contributed by atoms with E-state index in [0.717, 1.165) is 22.6 Å². The quantitative estimate of drug-likeness (QED) is 0.557. The Labute approximate surface area is 152 Å². The highest BCUT2D eigenvalue weighted by Gasteiger charge is 2.12. The van der Waals surface area contributed by atoms with Gasteiger partial charge in [-0.05, 0) is 56.3 Å². The molecule has 0 radical (unpaired) electrons. The van der Waals surface area contributed by atoms with E-state index in [1.54, 1.807) is 12.1 Å². The maximum Gasteiger partial charge on any atom is 0.185 e. The molecule has 0 spiro atoms. The number of aromatic nitrogens is 2. The normalized spacial score (nSPS) is 11.0. The molecule has 0 amide bonds. The maximum absolute atomic E-state index is 12.4. The van der Waals surface area contributed by atoms with Crippen molar-refractivity contribution in [3.05, 3.63) is 77.1 Å². The molecule has 5 heteroatoms. The highest BCUT2D eigenvalue weighted by Crippen LogP contribution is 2.27. The van der Waals surface area contributed by atoms with E-state index in [1.165, 1.54) is 25.3 Å². The Morgan fingerprint density at radius 1 is 1.15 bits per heavy atom. The second-order valence-electron chi connectivity index (χ2n) is 5.92. The number of carbonyl (C=O) groups is 1. The Kier molecular flexibility index (Phi) is 4.89. The summed E-state index contributed by atoms with van der Waals surface area (Å²) in [6.45, 7) is 3.89. The lowest BCUT2D eigenvalue weighted by molar-refractivity contribution is 0.104. The molecule has 0 saturated carbocycles. The fourth-order valence-corrected chi connectivity index (χ4v) is 2.80. The summed E-state index contributed by atoms with van der Waals surface area (Å²) in [5.41, 5.74) is 4.14. The van der Waals surface area contributed by atoms with Crippen LogP contribution in [0.5, 0.6) is 11.5 Å². The van der Waals surface area contributed by atoms with Crippen LogP contribution in [0.25, 0.3) is 11.8 Å². The largest absolute Gasteiger partial charge is 0.504 e. The summed E-state index contributed by atoms with van der Waals surface area (Å²) >= 11 is 0. The average Bonchev–Trinajstić information content (AvgIpc) is 2.94. The third kappa shape index (κ3) is 3.37. The van der Waals surface area contributed by atoms with Gasteiger partial charge in [0.25, 0.3) is 0 Å². The molecule has 0 atom stereocenters. The minimum atomic E-state index is -0.172. The number of methoxy groups -OCH3 is 1. The SMILES string of the molecule is COc1cc(C(=O)/C=C\c2c(C)nn(-c3ccccc3)c2C)ccc1O. The number of hydrogen-bond acceptors (Lipinski definition) is 4. The number of benzene rings is 2. The Balaban J connectivity index is 1.89. The van der Waals surface area contributed by atoms with Crippen molar-refractivity contribution in [3.8, 4) is 17.2 Å². The average molecular weight is 348 g/mol. The summed E-state index contributed by atoms with van der Waals surface area (Å²) in [4.78, 5) is 12.4. The van der Waals surface area contributed by atoms with E-state index in [-0.39, 0.29) is 17.3 Å². The van der Waals surface area contributed by atoms with E-state index in [4.69, 9.17) is 4.74 Å². The zero-order valence-corrected chi connectivity index (χ0v) is 14.9. The van der Waals surface area contributed by atoms with E-state index < -0.39 is 0 Å². The summed E-state index contributed by atoms with van der Waals surface area (Å²) in [6.07, 6.45) is 3.29. The lowest BCUT2D eigenvalue weighted by atomic mass is 10.1. The van der Waals surface area contributed by atoms with Gasteiger partial charge in [-0.1, -0.05) is 18.2 Å². The van der Waals surface area contributed by atoms with Gasteiger partial charge in [0.15, 0.2) is 17.3 Å². The molecule has 0 aliphatic rings. The predicted octanol–water partition coefficient (Wildman–Crippen LogP) is 4.10. The van der Waals surface area contributed by atoms with E-state index in [9.17, 15) is 9.90 Å². The third-order valence-corrected chi connectivity index (χ3v) is 4.21. The van der Waals surface area contributed by atoms with Crippen molar-refractivity contribution >= 4 is 11.9 Å². The summed E-state index contributed by atoms with van der Waals surface area (Å²) in [5, 5.41) is 14.2. The first-order chi connectivity index (χ1) is 12.5. The number of carbonyl (C=O) groups excluding carboxylic acids is 1. The van der Waals surface area contributed by atoms with Gasteiger partial charge in [-0.3, -0.25) is 4.79 Å². The number of ketones is 1. The Morgan fingerprint density at radius 3 is 2.58 bits per heavy atom. The van der Waals surface area contributed by atoms with E-state index in [0.29, 0.717) is 5.56 Å². The van der Waals surface area contributed by atoms with Crippen LogP contribution in [0.15, 0.2) is 54.6 Å². The number of hydrogen-bond donors (Lipinski definition) is 1. The van der Waals surface area contributed by atoms with Crippen LogP contribution in [0.2, 0.25) is 0 Å². The van der Waals surface area contributed by atoms with Gasteiger partial charge in [0, 0.05) is 16.8 Å². The van der Waals surface area contributed by atoms with Crippen molar-refractivity contribution < 1.29 is 14.6 Å². The first-order valence-electron chi connectivity index (χ1n) is 8.22. The summed E-state index contributed by atoms with van der Waals surface area (Å²) < 4.78 is 6.91. The van der Waals surface area contributed by atoms with Crippen LogP contribution in [0.4, 0.5) is 0 Å². The molecule has 132 valence electrons. The number of aromatic hydroxyl groups is 1. The van der Waals surface area contributed by atoms with Crippen LogP contribution in [0, 0.1) is 13.8 Å². The Hall–Kier alpha value is -3.34. The van der Waals surface area contributed by atoms with Crippen molar-refractivity contribution in [2.45, 2.75) is 13.8 Å². The fourth-order valence-electron chi connectivity index (χ4n) is 2.80. The molecule has 0 fully saturated rings. The maximum atomic E-state index is 12.4. The first-order valence-corrected chi connectivity index (χ1v) is 8.22. The zero-order valence-electron chi connectivity index (χ0n) is 14.9. The highest BCUT2D eigenvalue weighted by molar-refractivity contribution is 6.07. The van der Waals surface area contributed by atoms with Gasteiger partial charge >= 0.3 is 0 Å². The van der Waals surface area contributed by atoms with Crippen LogP contribution in [-0.4, -0.2) is 27.8 Å². The van der Waals surface area contributed by atoms with E-state index >= 15 is 0 Å². The van der Waals surface area contributed by atoms with Crippen molar-refractivity contribution in [1.29, 1.82) is 0 Å². The number of phenolic OH excluding ortho intramolecular Hbond substituents is 1. The molecule has 3 aromatic rings. The van der Waals surface area contributed by atoms with Crippen molar-refractivity contribution in [2.75, 3.05) is 7.11 Å². The molecule has 0 saturated heterocycles. The molecule has 0 aliphatic carbocycles. The van der Waals surface area contributed by atoms with Crippen molar-refractivity contribution in [1.82, 2.24) is 9.78 Å². The summed E-state index contributed by atoms with van der Waals surface area (Å²) in [5.74, 6) is 0.104. The van der Waals surface area contributed by atoms with Crippen LogP contribution in [0.3, 0.4) is 0 Å². The van der Waals surface area contributed by atoms with Gasteiger partial charge in [-0.25, -0.2) is 4.68 Å². The summed E-state index contributed by atoms with van der Waals surface area (Å²) in [6, 6.07) is 14.4. The minimum absolute atomic E-state index is 0.00357. The van der Waals surface area contributed by atoms with Gasteiger partial charge in [0.2, 0.25) is 0 Å².